The van der Waals surface area contributed by atoms with Crippen molar-refractivity contribution in [2.45, 2.75) is 13.1 Å². The van der Waals surface area contributed by atoms with E-state index >= 15 is 0 Å². The Kier molecular flexibility index (Phi) is 4.21. The molecule has 2 N–H and O–H groups in total. The molecule has 0 radical (unpaired) electrons. The summed E-state index contributed by atoms with van der Waals surface area (Å²) < 4.78 is 11.4. The third-order valence-corrected chi connectivity index (χ3v) is 4.14. The van der Waals surface area contributed by atoms with Crippen LogP contribution in [0.3, 0.4) is 0 Å². The lowest BCUT2D eigenvalue weighted by Gasteiger charge is -2.07. The van der Waals surface area contributed by atoms with E-state index in [2.05, 4.69) is 10.3 Å². The zero-order chi connectivity index (χ0) is 18.8. The van der Waals surface area contributed by atoms with Gasteiger partial charge in [-0.05, 0) is 42.5 Å². The molecule has 8 heteroatoms. The van der Waals surface area contributed by atoms with Gasteiger partial charge in [-0.15, -0.1) is 0 Å². The molecule has 4 rings (SSSR count). The van der Waals surface area contributed by atoms with E-state index < -0.39 is 11.2 Å². The summed E-state index contributed by atoms with van der Waals surface area (Å²) in [5, 5.41) is 3.02. The standard InChI is InChI=1S/C19H15N3O5/c23-17(20-10-13-3-1-7-26-13)12-5-6-15-16(9-12)21-19(25)22(18(15)24)11-14-4-2-8-27-14/h1-9H,10-11H2,(H,20,23)(H,21,25). The molecule has 3 heterocycles. The van der Waals surface area contributed by atoms with Crippen LogP contribution in [0.2, 0.25) is 0 Å². The van der Waals surface area contributed by atoms with Gasteiger partial charge in [-0.25, -0.2) is 4.79 Å². The number of hydrogen-bond acceptors (Lipinski definition) is 5. The molecule has 0 spiro atoms. The van der Waals surface area contributed by atoms with Crippen LogP contribution in [0.25, 0.3) is 10.9 Å². The van der Waals surface area contributed by atoms with Crippen molar-refractivity contribution in [2.75, 3.05) is 0 Å². The Morgan fingerprint density at radius 2 is 1.78 bits per heavy atom. The second kappa shape index (κ2) is 6.83. The number of H-pyrrole nitrogens is 1. The number of benzene rings is 1. The first-order valence-electron chi connectivity index (χ1n) is 8.21. The molecule has 0 unspecified atom stereocenters. The lowest BCUT2D eigenvalue weighted by molar-refractivity contribution is 0.0948. The molecule has 4 aromatic rings. The number of fused-ring (bicyclic) bond motifs is 1. The number of nitrogens with zero attached hydrogens (tertiary/aromatic N) is 1. The third-order valence-electron chi connectivity index (χ3n) is 4.14. The molecule has 0 aliphatic rings. The van der Waals surface area contributed by atoms with Gasteiger partial charge in [-0.1, -0.05) is 0 Å². The summed E-state index contributed by atoms with van der Waals surface area (Å²) in [6.45, 7) is 0.271. The number of carbonyl (C=O) groups is 1. The summed E-state index contributed by atoms with van der Waals surface area (Å²) in [6, 6.07) is 11.4. The van der Waals surface area contributed by atoms with Gasteiger partial charge >= 0.3 is 5.69 Å². The minimum Gasteiger partial charge on any atom is -0.467 e. The molecule has 0 bridgehead atoms. The summed E-state index contributed by atoms with van der Waals surface area (Å²) in [5.74, 6) is 0.781. The topological polar surface area (TPSA) is 110 Å². The predicted octanol–water partition coefficient (Wildman–Crippen LogP) is 1.85. The summed E-state index contributed by atoms with van der Waals surface area (Å²) >= 11 is 0. The zero-order valence-electron chi connectivity index (χ0n) is 14.1. The second-order valence-corrected chi connectivity index (χ2v) is 5.92. The Labute approximate surface area is 152 Å². The van der Waals surface area contributed by atoms with E-state index in [4.69, 9.17) is 8.83 Å². The van der Waals surface area contributed by atoms with Crippen LogP contribution in [0.4, 0.5) is 0 Å². The van der Waals surface area contributed by atoms with E-state index in [9.17, 15) is 14.4 Å². The summed E-state index contributed by atoms with van der Waals surface area (Å²) in [6.07, 6.45) is 3.00. The van der Waals surface area contributed by atoms with E-state index in [1.165, 1.54) is 30.7 Å². The molecule has 0 atom stereocenters. The molecule has 1 aromatic carbocycles. The largest absolute Gasteiger partial charge is 0.467 e. The van der Waals surface area contributed by atoms with Crippen LogP contribution in [0.5, 0.6) is 0 Å². The summed E-state index contributed by atoms with van der Waals surface area (Å²) in [7, 11) is 0. The molecule has 3 aromatic heterocycles. The fraction of sp³-hybridized carbons (Fsp3) is 0.105. The Bertz CT molecular complexity index is 1200. The van der Waals surface area contributed by atoms with Gasteiger partial charge in [0.1, 0.15) is 11.5 Å². The van der Waals surface area contributed by atoms with E-state index in [1.54, 1.807) is 24.3 Å². The minimum atomic E-state index is -0.572. The monoisotopic (exact) mass is 365 g/mol. The van der Waals surface area contributed by atoms with Gasteiger partial charge in [0.2, 0.25) is 0 Å². The molecule has 0 fully saturated rings. The number of carbonyl (C=O) groups excluding carboxylic acids is 1. The quantitative estimate of drug-likeness (QED) is 0.561. The van der Waals surface area contributed by atoms with E-state index in [1.807, 2.05) is 0 Å². The Morgan fingerprint density at radius 1 is 1.04 bits per heavy atom. The van der Waals surface area contributed by atoms with Gasteiger partial charge in [0.25, 0.3) is 11.5 Å². The highest BCUT2D eigenvalue weighted by Gasteiger charge is 2.12. The lowest BCUT2D eigenvalue weighted by Crippen LogP contribution is -2.35. The first kappa shape index (κ1) is 16.6. The fourth-order valence-corrected chi connectivity index (χ4v) is 2.78. The maximum atomic E-state index is 12.6. The molecule has 136 valence electrons. The van der Waals surface area contributed by atoms with Crippen molar-refractivity contribution < 1.29 is 13.6 Å². The van der Waals surface area contributed by atoms with Gasteiger partial charge in [0.15, 0.2) is 0 Å². The Balaban J connectivity index is 1.64. The van der Waals surface area contributed by atoms with Crippen LogP contribution in [-0.4, -0.2) is 15.5 Å². The van der Waals surface area contributed by atoms with Crippen molar-refractivity contribution in [1.82, 2.24) is 14.9 Å². The van der Waals surface area contributed by atoms with Crippen LogP contribution >= 0.6 is 0 Å². The van der Waals surface area contributed by atoms with Crippen LogP contribution in [0, 0.1) is 0 Å². The molecule has 8 nitrogen and oxygen atoms in total. The van der Waals surface area contributed by atoms with Crippen molar-refractivity contribution in [3.63, 3.8) is 0 Å². The number of aromatic nitrogens is 2. The Morgan fingerprint density at radius 3 is 2.48 bits per heavy atom. The molecule has 0 saturated heterocycles. The smallest absolute Gasteiger partial charge is 0.329 e. The average Bonchev–Trinajstić information content (AvgIpc) is 3.36. The van der Waals surface area contributed by atoms with Crippen molar-refractivity contribution in [3.05, 3.63) is 92.9 Å². The summed E-state index contributed by atoms with van der Waals surface area (Å²) in [5.41, 5.74) is -0.399. The molecule has 0 saturated carbocycles. The van der Waals surface area contributed by atoms with Gasteiger partial charge in [0, 0.05) is 5.56 Å². The fourth-order valence-electron chi connectivity index (χ4n) is 2.78. The van der Waals surface area contributed by atoms with Crippen molar-refractivity contribution in [3.8, 4) is 0 Å². The SMILES string of the molecule is O=C(NCc1ccco1)c1ccc2c(=O)n(Cc3ccco3)c(=O)[nH]c2c1. The second-order valence-electron chi connectivity index (χ2n) is 5.92. The number of amides is 1. The molecule has 0 aliphatic carbocycles. The number of hydrogen-bond donors (Lipinski definition) is 2. The maximum Gasteiger partial charge on any atom is 0.329 e. The van der Waals surface area contributed by atoms with Crippen molar-refractivity contribution in [2.24, 2.45) is 0 Å². The zero-order valence-corrected chi connectivity index (χ0v) is 14.1. The van der Waals surface area contributed by atoms with E-state index in [0.717, 1.165) is 4.57 Å². The average molecular weight is 365 g/mol. The first-order chi connectivity index (χ1) is 13.1. The highest BCUT2D eigenvalue weighted by atomic mass is 16.3. The van der Waals surface area contributed by atoms with Crippen LogP contribution in [0.15, 0.2) is 73.4 Å². The lowest BCUT2D eigenvalue weighted by atomic mass is 10.1. The third kappa shape index (κ3) is 3.32. The Hall–Kier alpha value is -3.81. The van der Waals surface area contributed by atoms with Gasteiger partial charge in [-0.2, -0.15) is 0 Å². The highest BCUT2D eigenvalue weighted by Crippen LogP contribution is 2.10. The van der Waals surface area contributed by atoms with Gasteiger partial charge in [-0.3, -0.25) is 14.2 Å². The number of furan rings is 2. The predicted molar refractivity (Wildman–Crippen MR) is 96.5 cm³/mol. The highest BCUT2D eigenvalue weighted by molar-refractivity contribution is 5.97. The van der Waals surface area contributed by atoms with Gasteiger partial charge in [0.05, 0.1) is 36.5 Å². The molecule has 27 heavy (non-hydrogen) atoms. The minimum absolute atomic E-state index is 0.0302. The van der Waals surface area contributed by atoms with E-state index in [0.29, 0.717) is 28.0 Å². The number of aromatic amines is 1. The van der Waals surface area contributed by atoms with Crippen molar-refractivity contribution in [1.29, 1.82) is 0 Å². The van der Waals surface area contributed by atoms with Crippen molar-refractivity contribution >= 4 is 16.8 Å². The van der Waals surface area contributed by atoms with Crippen LogP contribution in [0.1, 0.15) is 21.9 Å². The number of rotatable bonds is 5. The van der Waals surface area contributed by atoms with E-state index in [-0.39, 0.29) is 19.0 Å². The summed E-state index contributed by atoms with van der Waals surface area (Å²) in [4.78, 5) is 39.9. The number of nitrogens with one attached hydrogen (secondary N) is 2. The van der Waals surface area contributed by atoms with Crippen LogP contribution < -0.4 is 16.6 Å². The molecule has 0 aliphatic heterocycles. The maximum absolute atomic E-state index is 12.6. The molecular weight excluding hydrogens is 350 g/mol. The molecular formula is C19H15N3O5. The normalized spacial score (nSPS) is 11.0. The first-order valence-corrected chi connectivity index (χ1v) is 8.21. The van der Waals surface area contributed by atoms with Crippen LogP contribution in [-0.2, 0) is 13.1 Å². The molecule has 1 amide bonds. The van der Waals surface area contributed by atoms with Gasteiger partial charge < -0.3 is 19.1 Å².